The summed E-state index contributed by atoms with van der Waals surface area (Å²) in [6.45, 7) is 0.306. The number of amides is 1. The van der Waals surface area contributed by atoms with Crippen molar-refractivity contribution in [2.75, 3.05) is 20.8 Å². The number of hydrogen-bond acceptors (Lipinski definition) is 5. The van der Waals surface area contributed by atoms with Crippen molar-refractivity contribution in [3.05, 3.63) is 65.2 Å². The minimum absolute atomic E-state index is 0.105. The molecule has 0 aliphatic heterocycles. The normalized spacial score (nSPS) is 9.93. The first-order chi connectivity index (χ1) is 13.7. The van der Waals surface area contributed by atoms with Crippen molar-refractivity contribution in [1.82, 2.24) is 10.3 Å². The van der Waals surface area contributed by atoms with Crippen molar-refractivity contribution < 1.29 is 14.3 Å². The van der Waals surface area contributed by atoms with Gasteiger partial charge < -0.3 is 14.8 Å². The van der Waals surface area contributed by atoms with Crippen molar-refractivity contribution in [1.29, 1.82) is 0 Å². The molecule has 0 fully saturated rings. The van der Waals surface area contributed by atoms with E-state index in [1.165, 1.54) is 11.3 Å². The van der Waals surface area contributed by atoms with E-state index < -0.39 is 0 Å². The van der Waals surface area contributed by atoms with Gasteiger partial charge in [-0.3, -0.25) is 4.79 Å². The lowest BCUT2D eigenvalue weighted by molar-refractivity contribution is -0.120. The first-order valence-corrected chi connectivity index (χ1v) is 9.55. The van der Waals surface area contributed by atoms with Crippen molar-refractivity contribution in [2.45, 2.75) is 6.42 Å². The molecule has 0 aliphatic rings. The highest BCUT2D eigenvalue weighted by Gasteiger charge is 2.11. The topological polar surface area (TPSA) is 60.5 Å². The van der Waals surface area contributed by atoms with Gasteiger partial charge in [-0.15, -0.1) is 11.3 Å². The molecule has 1 amide bonds. The number of aromatic nitrogens is 1. The number of nitrogens with one attached hydrogen (secondary N) is 1. The lowest BCUT2D eigenvalue weighted by Crippen LogP contribution is -2.25. The molecule has 0 saturated carbocycles. The van der Waals surface area contributed by atoms with Gasteiger partial charge in [0.1, 0.15) is 5.01 Å². The highest BCUT2D eigenvalue weighted by molar-refractivity contribution is 7.13. The molecule has 1 heterocycles. The van der Waals surface area contributed by atoms with E-state index in [2.05, 4.69) is 22.1 Å². The zero-order valence-corrected chi connectivity index (χ0v) is 16.5. The third-order valence-electron chi connectivity index (χ3n) is 3.90. The number of thiazole rings is 1. The number of carbonyl (C=O) groups is 1. The molecule has 1 aromatic heterocycles. The molecule has 0 radical (unpaired) electrons. The second-order valence-electron chi connectivity index (χ2n) is 5.84. The summed E-state index contributed by atoms with van der Waals surface area (Å²) in [4.78, 5) is 16.7. The van der Waals surface area contributed by atoms with Gasteiger partial charge in [-0.05, 0) is 30.3 Å². The monoisotopic (exact) mass is 392 g/mol. The van der Waals surface area contributed by atoms with E-state index in [4.69, 9.17) is 9.47 Å². The number of ether oxygens (including phenoxy) is 2. The first-order valence-electron chi connectivity index (χ1n) is 8.67. The number of methoxy groups -OCH3 is 2. The van der Waals surface area contributed by atoms with Crippen LogP contribution in [0.15, 0.2) is 53.9 Å². The fourth-order valence-electron chi connectivity index (χ4n) is 2.53. The van der Waals surface area contributed by atoms with Crippen molar-refractivity contribution in [3.63, 3.8) is 0 Å². The van der Waals surface area contributed by atoms with Crippen molar-refractivity contribution >= 4 is 17.2 Å². The number of nitrogens with zero attached hydrogens (tertiary/aromatic N) is 1. The summed E-state index contributed by atoms with van der Waals surface area (Å²) in [5.74, 6) is 7.16. The maximum absolute atomic E-state index is 12.1. The Morgan fingerprint density at radius 3 is 2.64 bits per heavy atom. The Morgan fingerprint density at radius 1 is 1.11 bits per heavy atom. The average molecular weight is 392 g/mol. The van der Waals surface area contributed by atoms with E-state index in [0.29, 0.717) is 18.0 Å². The molecule has 5 nitrogen and oxygen atoms in total. The maximum Gasteiger partial charge on any atom is 0.226 e. The fraction of sp³-hybridized carbons (Fsp3) is 0.182. The number of hydrogen-bond donors (Lipinski definition) is 1. The zero-order valence-electron chi connectivity index (χ0n) is 15.7. The number of rotatable bonds is 6. The molecule has 3 rings (SSSR count). The summed E-state index contributed by atoms with van der Waals surface area (Å²) in [6.07, 6.45) is 0.219. The van der Waals surface area contributed by atoms with Gasteiger partial charge in [-0.1, -0.05) is 30.0 Å². The van der Waals surface area contributed by atoms with Gasteiger partial charge in [0.2, 0.25) is 5.91 Å². The van der Waals surface area contributed by atoms with Gasteiger partial charge in [0.15, 0.2) is 11.5 Å². The molecule has 2 aromatic carbocycles. The standard InChI is InChI=1S/C22H20N2O3S/c1-26-19-11-10-17(13-20(19)27-2)22-24-18(15-28-22)14-21(25)23-12-6-9-16-7-4-3-5-8-16/h3-5,7-8,10-11,13,15H,12,14H2,1-2H3,(H,23,25). The van der Waals surface area contributed by atoms with Crippen LogP contribution in [0.2, 0.25) is 0 Å². The Bertz CT molecular complexity index is 1000. The molecule has 6 heteroatoms. The minimum atomic E-state index is -0.105. The molecule has 0 atom stereocenters. The molecule has 28 heavy (non-hydrogen) atoms. The fourth-order valence-corrected chi connectivity index (χ4v) is 3.34. The van der Waals surface area contributed by atoms with Crippen LogP contribution in [0.4, 0.5) is 0 Å². The highest BCUT2D eigenvalue weighted by Crippen LogP contribution is 2.33. The van der Waals surface area contributed by atoms with Crippen LogP contribution in [0.1, 0.15) is 11.3 Å². The largest absolute Gasteiger partial charge is 0.493 e. The van der Waals surface area contributed by atoms with Crippen molar-refractivity contribution in [3.8, 4) is 33.9 Å². The summed E-state index contributed by atoms with van der Waals surface area (Å²) in [6, 6.07) is 15.3. The highest BCUT2D eigenvalue weighted by atomic mass is 32.1. The average Bonchev–Trinajstić information content (AvgIpc) is 3.19. The Kier molecular flexibility index (Phi) is 6.66. The van der Waals surface area contributed by atoms with Gasteiger partial charge in [-0.2, -0.15) is 0 Å². The summed E-state index contributed by atoms with van der Waals surface area (Å²) in [5, 5.41) is 5.52. The molecule has 3 aromatic rings. The lowest BCUT2D eigenvalue weighted by Gasteiger charge is -2.08. The van der Waals surface area contributed by atoms with E-state index in [-0.39, 0.29) is 12.3 Å². The predicted octanol–water partition coefficient (Wildman–Crippen LogP) is 3.54. The third kappa shape index (κ3) is 5.12. The molecule has 0 aliphatic carbocycles. The SMILES string of the molecule is COc1ccc(-c2nc(CC(=O)NCC#Cc3ccccc3)cs2)cc1OC. The smallest absolute Gasteiger partial charge is 0.226 e. The summed E-state index contributed by atoms with van der Waals surface area (Å²) in [7, 11) is 3.20. The molecular formula is C22H20N2O3S. The van der Waals surface area contributed by atoms with Crippen LogP contribution in [0.3, 0.4) is 0 Å². The minimum Gasteiger partial charge on any atom is -0.493 e. The summed E-state index contributed by atoms with van der Waals surface area (Å²) in [5.41, 5.74) is 2.57. The molecule has 0 saturated heterocycles. The molecule has 0 unspecified atom stereocenters. The van der Waals surface area contributed by atoms with Crippen LogP contribution in [-0.4, -0.2) is 31.7 Å². The van der Waals surface area contributed by atoms with Crippen LogP contribution in [0.25, 0.3) is 10.6 Å². The lowest BCUT2D eigenvalue weighted by atomic mass is 10.2. The Balaban J connectivity index is 1.57. The van der Waals surface area contributed by atoms with Crippen LogP contribution >= 0.6 is 11.3 Å². The van der Waals surface area contributed by atoms with Crippen LogP contribution < -0.4 is 14.8 Å². The van der Waals surface area contributed by atoms with Crippen LogP contribution in [-0.2, 0) is 11.2 Å². The van der Waals surface area contributed by atoms with Gasteiger partial charge in [0.05, 0.1) is 32.9 Å². The Hall–Kier alpha value is -3.30. The molecule has 0 spiro atoms. The van der Waals surface area contributed by atoms with E-state index in [1.807, 2.05) is 53.9 Å². The molecular weight excluding hydrogens is 372 g/mol. The van der Waals surface area contributed by atoms with E-state index in [9.17, 15) is 4.79 Å². The summed E-state index contributed by atoms with van der Waals surface area (Å²) < 4.78 is 10.6. The molecule has 1 N–H and O–H groups in total. The Morgan fingerprint density at radius 2 is 1.89 bits per heavy atom. The van der Waals surface area contributed by atoms with Crippen molar-refractivity contribution in [2.24, 2.45) is 0 Å². The second kappa shape index (κ2) is 9.58. The number of carbonyl (C=O) groups excluding carboxylic acids is 1. The molecule has 142 valence electrons. The third-order valence-corrected chi connectivity index (χ3v) is 4.84. The maximum atomic E-state index is 12.1. The second-order valence-corrected chi connectivity index (χ2v) is 6.69. The van der Waals surface area contributed by atoms with Crippen LogP contribution in [0, 0.1) is 11.8 Å². The quantitative estimate of drug-likeness (QED) is 0.652. The van der Waals surface area contributed by atoms with Gasteiger partial charge in [-0.25, -0.2) is 4.98 Å². The van der Waals surface area contributed by atoms with E-state index in [1.54, 1.807) is 14.2 Å². The predicted molar refractivity (Wildman–Crippen MR) is 111 cm³/mol. The van der Waals surface area contributed by atoms with E-state index in [0.717, 1.165) is 21.8 Å². The van der Waals surface area contributed by atoms with Gasteiger partial charge in [0, 0.05) is 16.5 Å². The molecule has 0 bridgehead atoms. The van der Waals surface area contributed by atoms with Gasteiger partial charge >= 0.3 is 0 Å². The Labute approximate surface area is 168 Å². The van der Waals surface area contributed by atoms with E-state index >= 15 is 0 Å². The van der Waals surface area contributed by atoms with Crippen LogP contribution in [0.5, 0.6) is 11.5 Å². The number of benzene rings is 2. The summed E-state index contributed by atoms with van der Waals surface area (Å²) >= 11 is 1.49. The van der Waals surface area contributed by atoms with Gasteiger partial charge in [0.25, 0.3) is 0 Å². The first kappa shape index (κ1) is 19.5. The zero-order chi connectivity index (χ0) is 19.8.